The zero-order valence-electron chi connectivity index (χ0n) is 22.2. The van der Waals surface area contributed by atoms with Crippen molar-refractivity contribution in [2.24, 2.45) is 0 Å². The lowest BCUT2D eigenvalue weighted by Gasteiger charge is -2.17. The summed E-state index contributed by atoms with van der Waals surface area (Å²) in [5, 5.41) is 0.559. The van der Waals surface area contributed by atoms with E-state index in [9.17, 15) is 14.4 Å². The molecule has 1 aromatic heterocycles. The molecule has 39 heavy (non-hydrogen) atoms. The van der Waals surface area contributed by atoms with Crippen LogP contribution in [-0.4, -0.2) is 46.0 Å². The molecule has 4 aromatic rings. The molecule has 0 saturated heterocycles. The standard InChI is InChI=1S/C31H31N3O5/c1-3-38-26-16-15-21(20-27(26)39-4-2)17-19-33-28(32-25-13-8-7-12-24(25)31(33)37)14-9-18-34-29(35)22-10-5-6-11-23(22)30(34)36/h5-8,10-13,15-16,20H,3-4,9,14,17-19H2,1-2H3. The van der Waals surface area contributed by atoms with Crippen molar-refractivity contribution in [2.45, 2.75) is 39.7 Å². The molecule has 0 radical (unpaired) electrons. The maximum atomic E-state index is 13.5. The lowest BCUT2D eigenvalue weighted by Crippen LogP contribution is -2.32. The van der Waals surface area contributed by atoms with Crippen LogP contribution in [0.2, 0.25) is 0 Å². The van der Waals surface area contributed by atoms with Gasteiger partial charge in [-0.1, -0.05) is 30.3 Å². The summed E-state index contributed by atoms with van der Waals surface area (Å²) in [5.41, 5.74) is 2.41. The predicted octanol–water partition coefficient (Wildman–Crippen LogP) is 4.67. The molecule has 8 nitrogen and oxygen atoms in total. The average Bonchev–Trinajstić information content (AvgIpc) is 3.19. The minimum atomic E-state index is -0.278. The Kier molecular flexibility index (Phi) is 7.72. The van der Waals surface area contributed by atoms with Crippen LogP contribution in [0.4, 0.5) is 0 Å². The number of carbonyl (C=O) groups is 2. The Morgan fingerprint density at radius 3 is 2.13 bits per heavy atom. The average molecular weight is 526 g/mol. The molecule has 200 valence electrons. The van der Waals surface area contributed by atoms with Crippen LogP contribution in [0, 0.1) is 0 Å². The molecule has 3 aromatic carbocycles. The number of benzene rings is 3. The maximum Gasteiger partial charge on any atom is 0.261 e. The van der Waals surface area contributed by atoms with Gasteiger partial charge in [0, 0.05) is 19.5 Å². The third-order valence-electron chi connectivity index (χ3n) is 6.83. The van der Waals surface area contributed by atoms with Gasteiger partial charge in [0.05, 0.1) is 35.2 Å². The monoisotopic (exact) mass is 525 g/mol. The molecule has 0 aliphatic carbocycles. The Morgan fingerprint density at radius 1 is 0.744 bits per heavy atom. The molecule has 0 unspecified atom stereocenters. The summed E-state index contributed by atoms with van der Waals surface area (Å²) < 4.78 is 13.1. The van der Waals surface area contributed by atoms with Gasteiger partial charge in [-0.3, -0.25) is 23.9 Å². The summed E-state index contributed by atoms with van der Waals surface area (Å²) in [7, 11) is 0. The van der Waals surface area contributed by atoms with Crippen LogP contribution in [0.3, 0.4) is 0 Å². The van der Waals surface area contributed by atoms with Crippen molar-refractivity contribution in [1.82, 2.24) is 14.5 Å². The minimum absolute atomic E-state index is 0.104. The minimum Gasteiger partial charge on any atom is -0.490 e. The number of nitrogens with zero attached hydrogens (tertiary/aromatic N) is 3. The second-order valence-electron chi connectivity index (χ2n) is 9.31. The van der Waals surface area contributed by atoms with Crippen LogP contribution in [0.5, 0.6) is 11.5 Å². The molecule has 8 heteroatoms. The van der Waals surface area contributed by atoms with Crippen LogP contribution in [0.1, 0.15) is 52.4 Å². The molecular weight excluding hydrogens is 494 g/mol. The molecule has 1 aliphatic heterocycles. The zero-order valence-corrected chi connectivity index (χ0v) is 22.2. The van der Waals surface area contributed by atoms with Crippen LogP contribution >= 0.6 is 0 Å². The van der Waals surface area contributed by atoms with Crippen LogP contribution in [0.15, 0.2) is 71.5 Å². The highest BCUT2D eigenvalue weighted by atomic mass is 16.5. The van der Waals surface area contributed by atoms with Crippen molar-refractivity contribution in [3.05, 3.63) is 99.6 Å². The maximum absolute atomic E-state index is 13.5. The van der Waals surface area contributed by atoms with Gasteiger partial charge in [-0.05, 0) is 68.7 Å². The highest BCUT2D eigenvalue weighted by molar-refractivity contribution is 6.21. The van der Waals surface area contributed by atoms with E-state index < -0.39 is 0 Å². The van der Waals surface area contributed by atoms with E-state index in [-0.39, 0.29) is 23.9 Å². The molecule has 0 bridgehead atoms. The molecule has 0 saturated carbocycles. The number of ether oxygens (including phenoxy) is 2. The molecular formula is C31H31N3O5. The fourth-order valence-electron chi connectivity index (χ4n) is 4.96. The lowest BCUT2D eigenvalue weighted by molar-refractivity contribution is 0.0652. The first kappa shape index (κ1) is 26.2. The SMILES string of the molecule is CCOc1ccc(CCn2c(CCCN3C(=O)c4ccccc4C3=O)nc3ccccc3c2=O)cc1OCC. The topological polar surface area (TPSA) is 90.7 Å². The van der Waals surface area contributed by atoms with Gasteiger partial charge in [-0.15, -0.1) is 0 Å². The first-order valence-electron chi connectivity index (χ1n) is 13.3. The van der Waals surface area contributed by atoms with Crippen molar-refractivity contribution >= 4 is 22.7 Å². The Balaban J connectivity index is 1.36. The lowest BCUT2D eigenvalue weighted by atomic mass is 10.1. The quantitative estimate of drug-likeness (QED) is 0.265. The van der Waals surface area contributed by atoms with Gasteiger partial charge in [0.2, 0.25) is 0 Å². The van der Waals surface area contributed by atoms with Crippen LogP contribution < -0.4 is 15.0 Å². The van der Waals surface area contributed by atoms with Gasteiger partial charge >= 0.3 is 0 Å². The highest BCUT2D eigenvalue weighted by Gasteiger charge is 2.34. The summed E-state index contributed by atoms with van der Waals surface area (Å²) in [4.78, 5) is 45.1. The van der Waals surface area contributed by atoms with Gasteiger partial charge < -0.3 is 9.47 Å². The predicted molar refractivity (Wildman–Crippen MR) is 149 cm³/mol. The van der Waals surface area contributed by atoms with E-state index in [1.54, 1.807) is 34.9 Å². The zero-order chi connectivity index (χ0) is 27.4. The first-order valence-corrected chi connectivity index (χ1v) is 13.3. The number of fused-ring (bicyclic) bond motifs is 2. The number of hydrogen-bond donors (Lipinski definition) is 0. The molecule has 5 rings (SSSR count). The third kappa shape index (κ3) is 5.27. The smallest absolute Gasteiger partial charge is 0.261 e. The Morgan fingerprint density at radius 2 is 1.41 bits per heavy atom. The second kappa shape index (κ2) is 11.5. The summed E-state index contributed by atoms with van der Waals surface area (Å²) in [6.45, 7) is 5.61. The third-order valence-corrected chi connectivity index (χ3v) is 6.83. The normalized spacial score (nSPS) is 12.7. The van der Waals surface area contributed by atoms with Crippen molar-refractivity contribution in [1.29, 1.82) is 0 Å². The molecule has 0 atom stereocenters. The van der Waals surface area contributed by atoms with Crippen LogP contribution in [0.25, 0.3) is 10.9 Å². The number of amides is 2. The van der Waals surface area contributed by atoms with Gasteiger partial charge in [0.1, 0.15) is 5.82 Å². The number of aromatic nitrogens is 2. The van der Waals surface area contributed by atoms with Crippen molar-refractivity contribution in [2.75, 3.05) is 19.8 Å². The van der Waals surface area contributed by atoms with Crippen LogP contribution in [-0.2, 0) is 19.4 Å². The van der Waals surface area contributed by atoms with Crippen molar-refractivity contribution in [3.8, 4) is 11.5 Å². The number of aryl methyl sites for hydroxylation is 2. The van der Waals surface area contributed by atoms with Crippen molar-refractivity contribution in [3.63, 3.8) is 0 Å². The van der Waals surface area contributed by atoms with Gasteiger partial charge in [-0.25, -0.2) is 4.98 Å². The summed E-state index contributed by atoms with van der Waals surface area (Å²) >= 11 is 0. The molecule has 0 fully saturated rings. The molecule has 2 heterocycles. The van der Waals surface area contributed by atoms with E-state index in [2.05, 4.69) is 0 Å². The van der Waals surface area contributed by atoms with Gasteiger partial charge in [0.25, 0.3) is 17.4 Å². The number of imide groups is 1. The Hall–Kier alpha value is -4.46. The summed E-state index contributed by atoms with van der Waals surface area (Å²) in [6, 6.07) is 20.0. The number of carbonyl (C=O) groups excluding carboxylic acids is 2. The van der Waals surface area contributed by atoms with Crippen molar-refractivity contribution < 1.29 is 19.1 Å². The van der Waals surface area contributed by atoms with E-state index in [1.807, 2.05) is 50.2 Å². The highest BCUT2D eigenvalue weighted by Crippen LogP contribution is 2.29. The van der Waals surface area contributed by atoms with Gasteiger partial charge in [-0.2, -0.15) is 0 Å². The number of rotatable bonds is 11. The fraction of sp³-hybridized carbons (Fsp3) is 0.290. The molecule has 1 aliphatic rings. The fourth-order valence-corrected chi connectivity index (χ4v) is 4.96. The van der Waals surface area contributed by atoms with E-state index in [0.717, 1.165) is 5.56 Å². The van der Waals surface area contributed by atoms with E-state index in [0.29, 0.717) is 78.4 Å². The summed E-state index contributed by atoms with van der Waals surface area (Å²) in [5.74, 6) is 1.45. The van der Waals surface area contributed by atoms with Gasteiger partial charge in [0.15, 0.2) is 11.5 Å². The first-order chi connectivity index (χ1) is 19.0. The second-order valence-corrected chi connectivity index (χ2v) is 9.31. The largest absolute Gasteiger partial charge is 0.490 e. The molecule has 2 amide bonds. The molecule has 0 spiro atoms. The Bertz CT molecular complexity index is 1560. The molecule has 0 N–H and O–H groups in total. The van der Waals surface area contributed by atoms with E-state index in [1.165, 1.54) is 4.90 Å². The van der Waals surface area contributed by atoms with E-state index >= 15 is 0 Å². The number of hydrogen-bond acceptors (Lipinski definition) is 6. The Labute approximate surface area is 226 Å². The van der Waals surface area contributed by atoms with E-state index in [4.69, 9.17) is 14.5 Å². The number of para-hydroxylation sites is 1. The summed E-state index contributed by atoms with van der Waals surface area (Å²) in [6.07, 6.45) is 1.53.